The molecule has 0 aromatic heterocycles. The predicted octanol–water partition coefficient (Wildman–Crippen LogP) is 2.60. The highest BCUT2D eigenvalue weighted by atomic mass is 79.9. The minimum atomic E-state index is 0.0912. The molecule has 0 radical (unpaired) electrons. The second kappa shape index (κ2) is 5.16. The number of hydrogen-bond acceptors (Lipinski definition) is 3. The molecular formula is C11H13BrO3. The van der Waals surface area contributed by atoms with Crippen LogP contribution in [-0.4, -0.2) is 20.0 Å². The maximum Gasteiger partial charge on any atom is 0.136 e. The number of ketones is 1. The van der Waals surface area contributed by atoms with E-state index < -0.39 is 0 Å². The molecule has 0 aliphatic heterocycles. The van der Waals surface area contributed by atoms with Crippen LogP contribution in [0.25, 0.3) is 0 Å². The van der Waals surface area contributed by atoms with Gasteiger partial charge in [0.05, 0.1) is 18.7 Å². The molecule has 0 bridgehead atoms. The topological polar surface area (TPSA) is 35.5 Å². The molecule has 0 N–H and O–H groups in total. The number of carbonyl (C=O) groups is 1. The Balaban J connectivity index is 3.19. The molecule has 15 heavy (non-hydrogen) atoms. The van der Waals surface area contributed by atoms with Crippen LogP contribution in [0.3, 0.4) is 0 Å². The Morgan fingerprint density at radius 3 is 2.47 bits per heavy atom. The molecule has 4 heteroatoms. The summed E-state index contributed by atoms with van der Waals surface area (Å²) in [4.78, 5) is 11.1. The Bertz CT molecular complexity index is 374. The summed E-state index contributed by atoms with van der Waals surface area (Å²) < 4.78 is 11.1. The third kappa shape index (κ3) is 2.96. The number of rotatable bonds is 4. The summed E-state index contributed by atoms with van der Waals surface area (Å²) in [7, 11) is 3.17. The Kier molecular flexibility index (Phi) is 4.15. The molecule has 0 amide bonds. The van der Waals surface area contributed by atoms with Crippen molar-refractivity contribution in [2.24, 2.45) is 0 Å². The number of ether oxygens (including phenoxy) is 2. The van der Waals surface area contributed by atoms with Crippen LogP contribution in [-0.2, 0) is 11.2 Å². The first-order chi connectivity index (χ1) is 7.08. The van der Waals surface area contributed by atoms with Crippen molar-refractivity contribution < 1.29 is 14.3 Å². The van der Waals surface area contributed by atoms with Gasteiger partial charge >= 0.3 is 0 Å². The first-order valence-corrected chi connectivity index (χ1v) is 5.27. The van der Waals surface area contributed by atoms with Crippen molar-refractivity contribution >= 4 is 21.7 Å². The zero-order valence-electron chi connectivity index (χ0n) is 8.96. The molecule has 0 aliphatic carbocycles. The monoisotopic (exact) mass is 272 g/mol. The van der Waals surface area contributed by atoms with Crippen molar-refractivity contribution in [3.63, 3.8) is 0 Å². The van der Waals surface area contributed by atoms with Crippen LogP contribution in [0.4, 0.5) is 0 Å². The minimum absolute atomic E-state index is 0.0912. The van der Waals surface area contributed by atoms with Crippen LogP contribution in [0, 0.1) is 0 Å². The van der Waals surface area contributed by atoms with E-state index in [0.29, 0.717) is 17.9 Å². The van der Waals surface area contributed by atoms with Crippen LogP contribution in [0.1, 0.15) is 12.5 Å². The van der Waals surface area contributed by atoms with Gasteiger partial charge in [0, 0.05) is 12.0 Å². The lowest BCUT2D eigenvalue weighted by Crippen LogP contribution is -2.01. The lowest BCUT2D eigenvalue weighted by molar-refractivity contribution is -0.116. The predicted molar refractivity (Wildman–Crippen MR) is 61.6 cm³/mol. The molecular weight excluding hydrogens is 260 g/mol. The highest BCUT2D eigenvalue weighted by Gasteiger charge is 2.11. The largest absolute Gasteiger partial charge is 0.497 e. The molecule has 0 fully saturated rings. The summed E-state index contributed by atoms with van der Waals surface area (Å²) in [6.45, 7) is 1.55. The van der Waals surface area contributed by atoms with E-state index in [2.05, 4.69) is 15.9 Å². The zero-order valence-corrected chi connectivity index (χ0v) is 10.6. The van der Waals surface area contributed by atoms with Gasteiger partial charge in [-0.15, -0.1) is 0 Å². The normalized spacial score (nSPS) is 9.87. The van der Waals surface area contributed by atoms with Crippen LogP contribution in [0.5, 0.6) is 11.5 Å². The molecule has 0 saturated carbocycles. The first kappa shape index (κ1) is 12.0. The lowest BCUT2D eigenvalue weighted by Gasteiger charge is -2.11. The number of hydrogen-bond donors (Lipinski definition) is 0. The van der Waals surface area contributed by atoms with Gasteiger partial charge in [0.25, 0.3) is 0 Å². The number of carbonyl (C=O) groups excluding carboxylic acids is 1. The fraction of sp³-hybridized carbons (Fsp3) is 0.364. The standard InChI is InChI=1S/C11H13BrO3/c1-7(13)4-8-5-9(14-2)6-10(12)11(8)15-3/h5-6H,4H2,1-3H3. The summed E-state index contributed by atoms with van der Waals surface area (Å²) in [6.07, 6.45) is 0.346. The number of Topliss-reactive ketones (excluding diaryl/α,β-unsaturated/α-hetero) is 1. The summed E-state index contributed by atoms with van der Waals surface area (Å²) in [5.41, 5.74) is 0.830. The zero-order chi connectivity index (χ0) is 11.4. The fourth-order valence-corrected chi connectivity index (χ4v) is 2.01. The highest BCUT2D eigenvalue weighted by molar-refractivity contribution is 9.10. The molecule has 0 atom stereocenters. The Morgan fingerprint density at radius 2 is 2.00 bits per heavy atom. The third-order valence-corrected chi connectivity index (χ3v) is 2.56. The highest BCUT2D eigenvalue weighted by Crippen LogP contribution is 2.33. The molecule has 1 aromatic rings. The lowest BCUT2D eigenvalue weighted by atomic mass is 10.1. The maximum absolute atomic E-state index is 11.1. The molecule has 0 aliphatic rings. The van der Waals surface area contributed by atoms with Crippen LogP contribution < -0.4 is 9.47 Å². The van der Waals surface area contributed by atoms with Crippen molar-refractivity contribution in [1.82, 2.24) is 0 Å². The number of halogens is 1. The Hall–Kier alpha value is -1.03. The summed E-state index contributed by atoms with van der Waals surface area (Å²) in [5.74, 6) is 1.48. The minimum Gasteiger partial charge on any atom is -0.497 e. The second-order valence-electron chi connectivity index (χ2n) is 3.18. The molecule has 82 valence electrons. The quantitative estimate of drug-likeness (QED) is 0.845. The fourth-order valence-electron chi connectivity index (χ4n) is 1.37. The van der Waals surface area contributed by atoms with Gasteiger partial charge in [0.15, 0.2) is 0 Å². The Morgan fingerprint density at radius 1 is 1.33 bits per heavy atom. The van der Waals surface area contributed by atoms with Gasteiger partial charge in [-0.1, -0.05) is 0 Å². The van der Waals surface area contributed by atoms with Gasteiger partial charge in [-0.05, 0) is 35.0 Å². The average Bonchev–Trinajstić information content (AvgIpc) is 2.16. The summed E-state index contributed by atoms with van der Waals surface area (Å²) in [6, 6.07) is 3.62. The van der Waals surface area contributed by atoms with Gasteiger partial charge < -0.3 is 9.47 Å². The van der Waals surface area contributed by atoms with E-state index in [1.54, 1.807) is 21.1 Å². The van der Waals surface area contributed by atoms with E-state index in [9.17, 15) is 4.79 Å². The smallest absolute Gasteiger partial charge is 0.136 e. The molecule has 0 heterocycles. The van der Waals surface area contributed by atoms with Crippen molar-refractivity contribution in [3.8, 4) is 11.5 Å². The average molecular weight is 273 g/mol. The third-order valence-electron chi connectivity index (χ3n) is 1.97. The van der Waals surface area contributed by atoms with E-state index in [1.807, 2.05) is 12.1 Å². The summed E-state index contributed by atoms with van der Waals surface area (Å²) in [5, 5.41) is 0. The number of methoxy groups -OCH3 is 2. The molecule has 0 saturated heterocycles. The molecule has 0 spiro atoms. The van der Waals surface area contributed by atoms with Gasteiger partial charge in [0.1, 0.15) is 17.3 Å². The summed E-state index contributed by atoms with van der Waals surface area (Å²) >= 11 is 3.37. The van der Waals surface area contributed by atoms with Crippen LogP contribution >= 0.6 is 15.9 Å². The van der Waals surface area contributed by atoms with Crippen molar-refractivity contribution in [2.45, 2.75) is 13.3 Å². The van der Waals surface area contributed by atoms with E-state index in [0.717, 1.165) is 10.0 Å². The van der Waals surface area contributed by atoms with Crippen molar-refractivity contribution in [2.75, 3.05) is 14.2 Å². The van der Waals surface area contributed by atoms with E-state index in [1.165, 1.54) is 0 Å². The van der Waals surface area contributed by atoms with Crippen LogP contribution in [0.2, 0.25) is 0 Å². The van der Waals surface area contributed by atoms with E-state index in [-0.39, 0.29) is 5.78 Å². The molecule has 0 unspecified atom stereocenters. The Labute approximate surface area is 97.5 Å². The molecule has 3 nitrogen and oxygen atoms in total. The van der Waals surface area contributed by atoms with Crippen LogP contribution in [0.15, 0.2) is 16.6 Å². The van der Waals surface area contributed by atoms with Gasteiger partial charge in [-0.2, -0.15) is 0 Å². The second-order valence-corrected chi connectivity index (χ2v) is 4.03. The SMILES string of the molecule is COc1cc(Br)c(OC)c(CC(C)=O)c1. The maximum atomic E-state index is 11.1. The van der Waals surface area contributed by atoms with Gasteiger partial charge in [-0.3, -0.25) is 4.79 Å². The molecule has 1 rings (SSSR count). The van der Waals surface area contributed by atoms with E-state index >= 15 is 0 Å². The van der Waals surface area contributed by atoms with Gasteiger partial charge in [0.2, 0.25) is 0 Å². The van der Waals surface area contributed by atoms with Crippen molar-refractivity contribution in [1.29, 1.82) is 0 Å². The first-order valence-electron chi connectivity index (χ1n) is 4.48. The molecule has 1 aromatic carbocycles. The number of benzene rings is 1. The van der Waals surface area contributed by atoms with E-state index in [4.69, 9.17) is 9.47 Å². The van der Waals surface area contributed by atoms with Gasteiger partial charge in [-0.25, -0.2) is 0 Å². The van der Waals surface area contributed by atoms with Crippen molar-refractivity contribution in [3.05, 3.63) is 22.2 Å².